The molecule has 1 amide bonds. The normalized spacial score (nSPS) is 11.0. The third-order valence-electron chi connectivity index (χ3n) is 3.55. The van der Waals surface area contributed by atoms with Crippen molar-refractivity contribution in [3.63, 3.8) is 0 Å². The number of carbonyl (C=O) groups is 1. The highest BCUT2D eigenvalue weighted by Gasteiger charge is 2.10. The smallest absolute Gasteiger partial charge is 0.236 e. The standard InChI is InChI=1S/C18H13N3OS2/c22-16(11-23-13-7-9-19-10-8-13)20-18-21-17-14-4-2-1-3-12(14)5-6-15(17)24-18/h1-10H,11H2,(H,20,21,22). The van der Waals surface area contributed by atoms with E-state index in [9.17, 15) is 4.79 Å². The van der Waals surface area contributed by atoms with Crippen molar-refractivity contribution in [3.05, 3.63) is 60.9 Å². The topological polar surface area (TPSA) is 54.9 Å². The Labute approximate surface area is 146 Å². The first-order valence-electron chi connectivity index (χ1n) is 7.40. The number of hydrogen-bond donors (Lipinski definition) is 1. The van der Waals surface area contributed by atoms with Crippen LogP contribution in [0.2, 0.25) is 0 Å². The maximum atomic E-state index is 12.1. The second kappa shape index (κ2) is 6.59. The average Bonchev–Trinajstić information content (AvgIpc) is 3.04. The van der Waals surface area contributed by atoms with Crippen LogP contribution in [0.1, 0.15) is 0 Å². The van der Waals surface area contributed by atoms with Gasteiger partial charge in [0.2, 0.25) is 5.91 Å². The summed E-state index contributed by atoms with van der Waals surface area (Å²) in [5.41, 5.74) is 0.940. The quantitative estimate of drug-likeness (QED) is 0.547. The highest BCUT2D eigenvalue weighted by Crippen LogP contribution is 2.31. The van der Waals surface area contributed by atoms with E-state index < -0.39 is 0 Å². The molecule has 4 nitrogen and oxygen atoms in total. The van der Waals surface area contributed by atoms with Gasteiger partial charge >= 0.3 is 0 Å². The fourth-order valence-corrected chi connectivity index (χ4v) is 4.04. The molecule has 2 heterocycles. The van der Waals surface area contributed by atoms with Crippen molar-refractivity contribution in [2.75, 3.05) is 11.1 Å². The van der Waals surface area contributed by atoms with E-state index in [-0.39, 0.29) is 5.91 Å². The van der Waals surface area contributed by atoms with E-state index in [4.69, 9.17) is 0 Å². The summed E-state index contributed by atoms with van der Waals surface area (Å²) in [4.78, 5) is 21.7. The minimum atomic E-state index is -0.0554. The molecular formula is C18H13N3OS2. The first-order chi connectivity index (χ1) is 11.8. The Bertz CT molecular complexity index is 1010. The summed E-state index contributed by atoms with van der Waals surface area (Å²) in [6.07, 6.45) is 3.44. The lowest BCUT2D eigenvalue weighted by atomic mass is 10.1. The van der Waals surface area contributed by atoms with Gasteiger partial charge in [0.05, 0.1) is 16.0 Å². The third kappa shape index (κ3) is 3.11. The largest absolute Gasteiger partial charge is 0.301 e. The summed E-state index contributed by atoms with van der Waals surface area (Å²) in [5.74, 6) is 0.293. The Morgan fingerprint density at radius 3 is 2.79 bits per heavy atom. The van der Waals surface area contributed by atoms with Gasteiger partial charge in [-0.25, -0.2) is 4.98 Å². The molecular weight excluding hydrogens is 338 g/mol. The summed E-state index contributed by atoms with van der Waals surface area (Å²) in [6.45, 7) is 0. The number of anilines is 1. The Kier molecular flexibility index (Phi) is 4.15. The molecule has 0 unspecified atom stereocenters. The SMILES string of the molecule is O=C(CSc1ccncc1)Nc1nc2c(ccc3ccccc32)s1. The lowest BCUT2D eigenvalue weighted by Crippen LogP contribution is -2.13. The van der Waals surface area contributed by atoms with E-state index in [0.29, 0.717) is 10.9 Å². The van der Waals surface area contributed by atoms with E-state index in [1.54, 1.807) is 12.4 Å². The first kappa shape index (κ1) is 15.1. The van der Waals surface area contributed by atoms with Crippen LogP contribution in [0.25, 0.3) is 21.0 Å². The van der Waals surface area contributed by atoms with Crippen LogP contribution in [0, 0.1) is 0 Å². The minimum Gasteiger partial charge on any atom is -0.301 e. The van der Waals surface area contributed by atoms with Crippen LogP contribution in [0.15, 0.2) is 65.8 Å². The molecule has 0 atom stereocenters. The summed E-state index contributed by atoms with van der Waals surface area (Å²) in [5, 5.41) is 5.80. The molecule has 0 aliphatic heterocycles. The van der Waals surface area contributed by atoms with Crippen LogP contribution < -0.4 is 5.32 Å². The second-order valence-electron chi connectivity index (χ2n) is 5.17. The van der Waals surface area contributed by atoms with Crippen LogP contribution in [0.5, 0.6) is 0 Å². The van der Waals surface area contributed by atoms with Gasteiger partial charge in [-0.2, -0.15) is 0 Å². The third-order valence-corrected chi connectivity index (χ3v) is 5.50. The maximum absolute atomic E-state index is 12.1. The van der Waals surface area contributed by atoms with Crippen LogP contribution in [0.3, 0.4) is 0 Å². The van der Waals surface area contributed by atoms with Crippen molar-refractivity contribution in [1.29, 1.82) is 0 Å². The number of thiazole rings is 1. The van der Waals surface area contributed by atoms with Gasteiger partial charge in [-0.05, 0) is 23.6 Å². The fraction of sp³-hybridized carbons (Fsp3) is 0.0556. The van der Waals surface area contributed by atoms with Crippen LogP contribution in [-0.2, 0) is 4.79 Å². The number of pyridine rings is 1. The maximum Gasteiger partial charge on any atom is 0.236 e. The molecule has 24 heavy (non-hydrogen) atoms. The zero-order valence-electron chi connectivity index (χ0n) is 12.6. The van der Waals surface area contributed by atoms with E-state index in [0.717, 1.165) is 25.9 Å². The predicted octanol–water partition coefficient (Wildman–Crippen LogP) is 4.58. The molecule has 0 saturated heterocycles. The molecule has 1 N–H and O–H groups in total. The molecule has 0 bridgehead atoms. The van der Waals surface area contributed by atoms with E-state index in [1.165, 1.54) is 23.1 Å². The second-order valence-corrected chi connectivity index (χ2v) is 7.25. The summed E-state index contributed by atoms with van der Waals surface area (Å²) in [6, 6.07) is 16.1. The van der Waals surface area contributed by atoms with Gasteiger partial charge in [-0.3, -0.25) is 9.78 Å². The number of rotatable bonds is 4. The minimum absolute atomic E-state index is 0.0554. The summed E-state index contributed by atoms with van der Waals surface area (Å²) >= 11 is 2.98. The van der Waals surface area contributed by atoms with Crippen molar-refractivity contribution >= 4 is 55.1 Å². The van der Waals surface area contributed by atoms with Gasteiger partial charge in [0.1, 0.15) is 0 Å². The highest BCUT2D eigenvalue weighted by atomic mass is 32.2. The number of aromatic nitrogens is 2. The highest BCUT2D eigenvalue weighted by molar-refractivity contribution is 8.00. The molecule has 118 valence electrons. The van der Waals surface area contributed by atoms with Gasteiger partial charge in [0.15, 0.2) is 5.13 Å². The number of benzene rings is 2. The van der Waals surface area contributed by atoms with Gasteiger partial charge in [-0.1, -0.05) is 41.7 Å². The molecule has 4 rings (SSSR count). The number of nitrogens with one attached hydrogen (secondary N) is 1. The lowest BCUT2D eigenvalue weighted by Gasteiger charge is -2.01. The Morgan fingerprint density at radius 2 is 1.92 bits per heavy atom. The molecule has 4 aromatic rings. The van der Waals surface area contributed by atoms with Gasteiger partial charge < -0.3 is 5.32 Å². The van der Waals surface area contributed by atoms with Crippen LogP contribution in [-0.4, -0.2) is 21.6 Å². The number of thioether (sulfide) groups is 1. The fourth-order valence-electron chi connectivity index (χ4n) is 2.45. The molecule has 2 aromatic carbocycles. The van der Waals surface area contributed by atoms with Gasteiger partial charge in [-0.15, -0.1) is 11.8 Å². The molecule has 0 fully saturated rings. The predicted molar refractivity (Wildman–Crippen MR) is 101 cm³/mol. The van der Waals surface area contributed by atoms with Gasteiger partial charge in [0, 0.05) is 22.7 Å². The monoisotopic (exact) mass is 351 g/mol. The van der Waals surface area contributed by atoms with Crippen molar-refractivity contribution in [1.82, 2.24) is 9.97 Å². The lowest BCUT2D eigenvalue weighted by molar-refractivity contribution is -0.113. The van der Waals surface area contributed by atoms with Crippen LogP contribution >= 0.6 is 23.1 Å². The van der Waals surface area contributed by atoms with Gasteiger partial charge in [0.25, 0.3) is 0 Å². The zero-order valence-corrected chi connectivity index (χ0v) is 14.2. The number of amides is 1. The van der Waals surface area contributed by atoms with Crippen molar-refractivity contribution < 1.29 is 4.79 Å². The Balaban J connectivity index is 1.52. The van der Waals surface area contributed by atoms with E-state index in [2.05, 4.69) is 39.6 Å². The Morgan fingerprint density at radius 1 is 1.08 bits per heavy atom. The first-order valence-corrected chi connectivity index (χ1v) is 9.21. The van der Waals surface area contributed by atoms with Crippen molar-refractivity contribution in [2.24, 2.45) is 0 Å². The van der Waals surface area contributed by atoms with Crippen molar-refractivity contribution in [2.45, 2.75) is 4.90 Å². The molecule has 6 heteroatoms. The van der Waals surface area contributed by atoms with Crippen LogP contribution in [0.4, 0.5) is 5.13 Å². The number of hydrogen-bond acceptors (Lipinski definition) is 5. The molecule has 0 spiro atoms. The van der Waals surface area contributed by atoms with E-state index in [1.807, 2.05) is 24.3 Å². The van der Waals surface area contributed by atoms with Crippen molar-refractivity contribution in [3.8, 4) is 0 Å². The molecule has 0 saturated carbocycles. The average molecular weight is 351 g/mol. The van der Waals surface area contributed by atoms with E-state index >= 15 is 0 Å². The molecule has 0 aliphatic carbocycles. The summed E-state index contributed by atoms with van der Waals surface area (Å²) < 4.78 is 1.07. The molecule has 0 radical (unpaired) electrons. The summed E-state index contributed by atoms with van der Waals surface area (Å²) in [7, 11) is 0. The Hall–Kier alpha value is -2.44. The number of nitrogens with zero attached hydrogens (tertiary/aromatic N) is 2. The number of carbonyl (C=O) groups excluding carboxylic acids is 1. The molecule has 2 aromatic heterocycles. The zero-order chi connectivity index (χ0) is 16.4. The molecule has 0 aliphatic rings. The number of fused-ring (bicyclic) bond motifs is 3.